The van der Waals surface area contributed by atoms with Crippen molar-refractivity contribution in [1.29, 1.82) is 5.26 Å². The fourth-order valence-corrected chi connectivity index (χ4v) is 1.29. The third-order valence-corrected chi connectivity index (χ3v) is 2.52. The van der Waals surface area contributed by atoms with Crippen LogP contribution in [0.15, 0.2) is 24.3 Å². The van der Waals surface area contributed by atoms with Gasteiger partial charge in [-0.1, -0.05) is 32.9 Å². The van der Waals surface area contributed by atoms with Crippen molar-refractivity contribution in [3.05, 3.63) is 29.8 Å². The third-order valence-electron chi connectivity index (χ3n) is 2.52. The second kappa shape index (κ2) is 4.98. The second-order valence-corrected chi connectivity index (χ2v) is 4.99. The topological polar surface area (TPSA) is 78.9 Å². The first-order valence-corrected chi connectivity index (χ1v) is 5.42. The van der Waals surface area contributed by atoms with Crippen molar-refractivity contribution in [2.45, 2.75) is 26.8 Å². The standard InChI is InChI=1S/C13H17N3O/c1-13(2,3)11(15)12(17)16-10-7-5-4-6-9(10)8-14/h4-7,11H,15H2,1-3H3,(H,16,17). The highest BCUT2D eigenvalue weighted by molar-refractivity contribution is 5.96. The summed E-state index contributed by atoms with van der Waals surface area (Å²) in [5, 5.41) is 11.6. The summed E-state index contributed by atoms with van der Waals surface area (Å²) in [6, 6.07) is 8.25. The minimum atomic E-state index is -0.616. The average Bonchev–Trinajstić information content (AvgIpc) is 2.27. The van der Waals surface area contributed by atoms with Crippen molar-refractivity contribution >= 4 is 11.6 Å². The van der Waals surface area contributed by atoms with Crippen molar-refractivity contribution < 1.29 is 4.79 Å². The zero-order valence-electron chi connectivity index (χ0n) is 10.3. The molecule has 90 valence electrons. The maximum atomic E-state index is 11.9. The van der Waals surface area contributed by atoms with Crippen LogP contribution in [0.25, 0.3) is 0 Å². The Hall–Kier alpha value is -1.86. The summed E-state index contributed by atoms with van der Waals surface area (Å²) in [4.78, 5) is 11.9. The molecule has 0 aliphatic carbocycles. The minimum Gasteiger partial charge on any atom is -0.324 e. The molecule has 4 nitrogen and oxygen atoms in total. The molecular weight excluding hydrogens is 214 g/mol. The number of hydrogen-bond donors (Lipinski definition) is 2. The van der Waals surface area contributed by atoms with E-state index in [2.05, 4.69) is 5.32 Å². The summed E-state index contributed by atoms with van der Waals surface area (Å²) in [7, 11) is 0. The predicted molar refractivity (Wildman–Crippen MR) is 67.2 cm³/mol. The number of hydrogen-bond acceptors (Lipinski definition) is 3. The van der Waals surface area contributed by atoms with E-state index in [1.807, 2.05) is 26.8 Å². The molecular formula is C13H17N3O. The van der Waals surface area contributed by atoms with Gasteiger partial charge in [-0.2, -0.15) is 5.26 Å². The van der Waals surface area contributed by atoms with Gasteiger partial charge < -0.3 is 11.1 Å². The molecule has 1 amide bonds. The van der Waals surface area contributed by atoms with Gasteiger partial charge in [-0.3, -0.25) is 4.79 Å². The number of para-hydroxylation sites is 1. The van der Waals surface area contributed by atoms with Crippen molar-refractivity contribution in [3.63, 3.8) is 0 Å². The normalized spacial score (nSPS) is 12.6. The predicted octanol–water partition coefficient (Wildman–Crippen LogP) is 1.87. The van der Waals surface area contributed by atoms with Crippen LogP contribution in [0.5, 0.6) is 0 Å². The molecule has 0 aliphatic heterocycles. The lowest BCUT2D eigenvalue weighted by Crippen LogP contribution is -2.45. The zero-order valence-corrected chi connectivity index (χ0v) is 10.3. The molecule has 17 heavy (non-hydrogen) atoms. The van der Waals surface area contributed by atoms with Crippen LogP contribution in [-0.2, 0) is 4.79 Å². The molecule has 0 heterocycles. The van der Waals surface area contributed by atoms with E-state index >= 15 is 0 Å². The maximum Gasteiger partial charge on any atom is 0.241 e. The Kier molecular flexibility index (Phi) is 3.87. The van der Waals surface area contributed by atoms with Gasteiger partial charge in [-0.05, 0) is 17.5 Å². The van der Waals surface area contributed by atoms with Crippen LogP contribution in [0.3, 0.4) is 0 Å². The van der Waals surface area contributed by atoms with Crippen LogP contribution in [0.1, 0.15) is 26.3 Å². The number of carbonyl (C=O) groups excluding carboxylic acids is 1. The van der Waals surface area contributed by atoms with Gasteiger partial charge in [0.2, 0.25) is 5.91 Å². The van der Waals surface area contributed by atoms with Gasteiger partial charge in [0.05, 0.1) is 17.3 Å². The fraction of sp³-hybridized carbons (Fsp3) is 0.385. The summed E-state index contributed by atoms with van der Waals surface area (Å²) in [6.07, 6.45) is 0. The van der Waals surface area contributed by atoms with E-state index in [9.17, 15) is 4.79 Å². The van der Waals surface area contributed by atoms with E-state index in [1.165, 1.54) is 0 Å². The molecule has 0 fully saturated rings. The van der Waals surface area contributed by atoms with Crippen LogP contribution in [-0.4, -0.2) is 11.9 Å². The van der Waals surface area contributed by atoms with Crippen molar-refractivity contribution in [1.82, 2.24) is 0 Å². The lowest BCUT2D eigenvalue weighted by molar-refractivity contribution is -0.119. The van der Waals surface area contributed by atoms with Gasteiger partial charge in [0.25, 0.3) is 0 Å². The molecule has 0 saturated carbocycles. The van der Waals surface area contributed by atoms with Gasteiger partial charge in [0.1, 0.15) is 6.07 Å². The Bertz CT molecular complexity index is 454. The summed E-state index contributed by atoms with van der Waals surface area (Å²) in [5.41, 5.74) is 6.46. The second-order valence-electron chi connectivity index (χ2n) is 4.99. The number of amides is 1. The first-order chi connectivity index (χ1) is 7.86. The maximum absolute atomic E-state index is 11.9. The monoisotopic (exact) mass is 231 g/mol. The van der Waals surface area contributed by atoms with Crippen molar-refractivity contribution in [2.24, 2.45) is 11.1 Å². The van der Waals surface area contributed by atoms with Gasteiger partial charge in [-0.15, -0.1) is 0 Å². The molecule has 1 atom stereocenters. The lowest BCUT2D eigenvalue weighted by Gasteiger charge is -2.25. The van der Waals surface area contributed by atoms with E-state index in [0.717, 1.165) is 0 Å². The highest BCUT2D eigenvalue weighted by Crippen LogP contribution is 2.20. The summed E-state index contributed by atoms with van der Waals surface area (Å²) in [5.74, 6) is -0.278. The summed E-state index contributed by atoms with van der Waals surface area (Å²) in [6.45, 7) is 5.69. The molecule has 3 N–H and O–H groups in total. The minimum absolute atomic E-state index is 0.278. The summed E-state index contributed by atoms with van der Waals surface area (Å²) < 4.78 is 0. The highest BCUT2D eigenvalue weighted by Gasteiger charge is 2.27. The number of anilines is 1. The fourth-order valence-electron chi connectivity index (χ4n) is 1.29. The quantitative estimate of drug-likeness (QED) is 0.815. The van der Waals surface area contributed by atoms with Gasteiger partial charge in [-0.25, -0.2) is 0 Å². The Morgan fingerprint density at radius 2 is 2.00 bits per heavy atom. The molecule has 0 saturated heterocycles. The van der Waals surface area contributed by atoms with E-state index in [0.29, 0.717) is 11.3 Å². The molecule has 1 aromatic rings. The first-order valence-electron chi connectivity index (χ1n) is 5.42. The smallest absolute Gasteiger partial charge is 0.241 e. The SMILES string of the molecule is CC(C)(C)C(N)C(=O)Nc1ccccc1C#N. The van der Waals surface area contributed by atoms with Gasteiger partial charge >= 0.3 is 0 Å². The molecule has 1 rings (SSSR count). The Labute approximate surface area is 101 Å². The molecule has 0 aromatic heterocycles. The molecule has 1 unspecified atom stereocenters. The van der Waals surface area contributed by atoms with Crippen LogP contribution in [0, 0.1) is 16.7 Å². The number of carbonyl (C=O) groups is 1. The number of nitrogens with one attached hydrogen (secondary N) is 1. The third kappa shape index (κ3) is 3.30. The van der Waals surface area contributed by atoms with Crippen LogP contribution in [0.4, 0.5) is 5.69 Å². The molecule has 1 aromatic carbocycles. The Balaban J connectivity index is 2.86. The average molecular weight is 231 g/mol. The number of benzene rings is 1. The Morgan fingerprint density at radius 3 is 2.53 bits per heavy atom. The number of nitriles is 1. The first kappa shape index (κ1) is 13.2. The highest BCUT2D eigenvalue weighted by atomic mass is 16.2. The van der Waals surface area contributed by atoms with Crippen LogP contribution < -0.4 is 11.1 Å². The molecule has 0 bridgehead atoms. The van der Waals surface area contributed by atoms with Crippen LogP contribution in [0.2, 0.25) is 0 Å². The lowest BCUT2D eigenvalue weighted by atomic mass is 9.87. The summed E-state index contributed by atoms with van der Waals surface area (Å²) >= 11 is 0. The zero-order chi connectivity index (χ0) is 13.1. The van der Waals surface area contributed by atoms with Crippen molar-refractivity contribution in [2.75, 3.05) is 5.32 Å². The van der Waals surface area contributed by atoms with Gasteiger partial charge in [0, 0.05) is 0 Å². The largest absolute Gasteiger partial charge is 0.324 e. The van der Waals surface area contributed by atoms with E-state index in [1.54, 1.807) is 24.3 Å². The van der Waals surface area contributed by atoms with E-state index in [4.69, 9.17) is 11.0 Å². The van der Waals surface area contributed by atoms with Crippen molar-refractivity contribution in [3.8, 4) is 6.07 Å². The number of rotatable bonds is 2. The van der Waals surface area contributed by atoms with Crippen LogP contribution >= 0.6 is 0 Å². The van der Waals surface area contributed by atoms with Gasteiger partial charge in [0.15, 0.2) is 0 Å². The molecule has 0 spiro atoms. The van der Waals surface area contributed by atoms with E-state index < -0.39 is 6.04 Å². The molecule has 4 heteroatoms. The number of nitrogens with two attached hydrogens (primary N) is 1. The molecule has 0 aliphatic rings. The van der Waals surface area contributed by atoms with E-state index in [-0.39, 0.29) is 11.3 Å². The Morgan fingerprint density at radius 1 is 1.41 bits per heavy atom. The number of nitrogens with zero attached hydrogens (tertiary/aromatic N) is 1. The molecule has 0 radical (unpaired) electrons.